The maximum absolute atomic E-state index is 11.2. The van der Waals surface area contributed by atoms with E-state index in [1.54, 1.807) is 17.8 Å². The number of aromatic nitrogens is 4. The number of nitrogens with zero attached hydrogens (tertiary/aromatic N) is 3. The van der Waals surface area contributed by atoms with Gasteiger partial charge in [-0.3, -0.25) is 9.48 Å². The van der Waals surface area contributed by atoms with Gasteiger partial charge in [0.1, 0.15) is 5.76 Å². The van der Waals surface area contributed by atoms with Gasteiger partial charge in [-0.1, -0.05) is 5.16 Å². The molecule has 4 N–H and O–H groups in total. The molecule has 1 aliphatic carbocycles. The summed E-state index contributed by atoms with van der Waals surface area (Å²) in [5.41, 5.74) is 9.07. The van der Waals surface area contributed by atoms with Crippen molar-refractivity contribution in [3.63, 3.8) is 0 Å². The molecule has 0 radical (unpaired) electrons. The number of hydrogen-bond donors (Lipinski definition) is 3. The summed E-state index contributed by atoms with van der Waals surface area (Å²) in [5, 5.41) is 17.0. The number of nitrogens with one attached hydrogen (secondary N) is 1. The maximum atomic E-state index is 11.2. The van der Waals surface area contributed by atoms with Crippen LogP contribution in [-0.4, -0.2) is 36.9 Å². The highest BCUT2D eigenvalue weighted by Crippen LogP contribution is 2.33. The van der Waals surface area contributed by atoms with Gasteiger partial charge in [-0.25, -0.2) is 4.79 Å². The second-order valence-electron chi connectivity index (χ2n) is 6.08. The average molecular weight is 357 g/mol. The fourth-order valence-corrected chi connectivity index (χ4v) is 2.97. The molecule has 0 atom stereocenters. The fourth-order valence-electron chi connectivity index (χ4n) is 2.97. The summed E-state index contributed by atoms with van der Waals surface area (Å²) in [4.78, 5) is 24.6. The molecule has 0 saturated carbocycles. The SMILES string of the molecule is Cc1cc(C(N)=O)no1.Cn1cc2c(n1)-c1c(C(=O)O)c[nH]c1CCC2. The standard InChI is InChI=1S/C12H13N3O2.C5H6N2O2/c1-15-6-7-3-2-4-9-10(11(7)14-15)8(5-13-9)12(16)17;1-3-2-4(5(6)8)7-9-3/h5-6,13H,2-4H2,1H3,(H,16,17);2H,1H3,(H2,6,8). The average Bonchev–Trinajstić information content (AvgIpc) is 3.25. The van der Waals surface area contributed by atoms with Crippen molar-refractivity contribution in [2.75, 3.05) is 0 Å². The van der Waals surface area contributed by atoms with Crippen LogP contribution in [0.15, 0.2) is 23.0 Å². The number of carboxylic acids is 1. The van der Waals surface area contributed by atoms with Gasteiger partial charge in [0.05, 0.1) is 11.3 Å². The number of H-pyrrole nitrogens is 1. The van der Waals surface area contributed by atoms with E-state index in [0.29, 0.717) is 11.3 Å². The Hall–Kier alpha value is -3.36. The normalized spacial score (nSPS) is 12.4. The van der Waals surface area contributed by atoms with Gasteiger partial charge >= 0.3 is 5.97 Å². The molecule has 1 amide bonds. The Bertz CT molecular complexity index is 966. The molecule has 0 unspecified atom stereocenters. The Morgan fingerprint density at radius 1 is 1.38 bits per heavy atom. The predicted octanol–water partition coefficient (Wildman–Crippen LogP) is 1.68. The first-order valence-corrected chi connectivity index (χ1v) is 8.06. The second kappa shape index (κ2) is 6.87. The van der Waals surface area contributed by atoms with Crippen LogP contribution in [0.5, 0.6) is 0 Å². The molecule has 26 heavy (non-hydrogen) atoms. The molecule has 3 heterocycles. The zero-order chi connectivity index (χ0) is 18.8. The zero-order valence-corrected chi connectivity index (χ0v) is 14.4. The summed E-state index contributed by atoms with van der Waals surface area (Å²) < 4.78 is 6.32. The van der Waals surface area contributed by atoms with Gasteiger partial charge in [-0.2, -0.15) is 5.10 Å². The van der Waals surface area contributed by atoms with Crippen LogP contribution in [-0.2, 0) is 19.9 Å². The molecule has 9 heteroatoms. The number of primary amides is 1. The Labute approximate surface area is 148 Å². The minimum Gasteiger partial charge on any atom is -0.478 e. The Balaban J connectivity index is 0.000000185. The van der Waals surface area contributed by atoms with E-state index in [1.807, 2.05) is 13.2 Å². The number of aromatic amines is 1. The third kappa shape index (κ3) is 3.37. The number of carbonyl (C=O) groups is 2. The molecule has 0 aromatic carbocycles. The highest BCUT2D eigenvalue weighted by molar-refractivity contribution is 5.96. The molecule has 0 spiro atoms. The molecule has 1 aliphatic rings. The summed E-state index contributed by atoms with van der Waals surface area (Å²) >= 11 is 0. The smallest absolute Gasteiger partial charge is 0.337 e. The summed E-state index contributed by atoms with van der Waals surface area (Å²) in [6, 6.07) is 1.49. The van der Waals surface area contributed by atoms with Gasteiger partial charge in [0.15, 0.2) is 5.69 Å². The molecule has 0 bridgehead atoms. The molecular weight excluding hydrogens is 338 g/mol. The lowest BCUT2D eigenvalue weighted by atomic mass is 10.1. The number of amides is 1. The topological polar surface area (TPSA) is 140 Å². The molecule has 3 aromatic rings. The lowest BCUT2D eigenvalue weighted by molar-refractivity contribution is 0.0697. The number of carbonyl (C=O) groups excluding carboxylic acids is 1. The van der Waals surface area contributed by atoms with Crippen LogP contribution in [0.3, 0.4) is 0 Å². The monoisotopic (exact) mass is 357 g/mol. The maximum Gasteiger partial charge on any atom is 0.337 e. The number of aromatic carboxylic acids is 1. The van der Waals surface area contributed by atoms with Gasteiger partial charge in [0.25, 0.3) is 5.91 Å². The largest absolute Gasteiger partial charge is 0.478 e. The molecule has 136 valence electrons. The molecule has 9 nitrogen and oxygen atoms in total. The van der Waals surface area contributed by atoms with E-state index in [-0.39, 0.29) is 5.69 Å². The van der Waals surface area contributed by atoms with Crippen molar-refractivity contribution >= 4 is 11.9 Å². The van der Waals surface area contributed by atoms with Crippen molar-refractivity contribution < 1.29 is 19.2 Å². The summed E-state index contributed by atoms with van der Waals surface area (Å²) in [6.45, 7) is 1.69. The lowest BCUT2D eigenvalue weighted by Crippen LogP contribution is -2.10. The van der Waals surface area contributed by atoms with E-state index >= 15 is 0 Å². The molecule has 3 aromatic heterocycles. The van der Waals surface area contributed by atoms with E-state index in [4.69, 9.17) is 5.73 Å². The minimum atomic E-state index is -0.902. The first-order chi connectivity index (χ1) is 12.4. The third-order valence-electron chi connectivity index (χ3n) is 4.09. The van der Waals surface area contributed by atoms with E-state index in [1.165, 1.54) is 6.07 Å². The summed E-state index contributed by atoms with van der Waals surface area (Å²) in [6.07, 6.45) is 6.39. The van der Waals surface area contributed by atoms with E-state index in [9.17, 15) is 14.7 Å². The third-order valence-corrected chi connectivity index (χ3v) is 4.09. The predicted molar refractivity (Wildman–Crippen MR) is 91.7 cm³/mol. The number of hydrogen-bond acceptors (Lipinski definition) is 5. The van der Waals surface area contributed by atoms with Gasteiger partial charge in [-0.15, -0.1) is 0 Å². The van der Waals surface area contributed by atoms with Crippen LogP contribution < -0.4 is 5.73 Å². The lowest BCUT2D eigenvalue weighted by Gasteiger charge is -2.00. The van der Waals surface area contributed by atoms with Crippen molar-refractivity contribution in [3.05, 3.63) is 46.7 Å². The van der Waals surface area contributed by atoms with Crippen LogP contribution in [0.1, 0.15) is 44.3 Å². The Morgan fingerprint density at radius 2 is 2.15 bits per heavy atom. The van der Waals surface area contributed by atoms with Gasteiger partial charge in [0, 0.05) is 36.8 Å². The van der Waals surface area contributed by atoms with Crippen LogP contribution in [0, 0.1) is 6.92 Å². The number of carboxylic acid groups (broad SMARTS) is 1. The summed E-state index contributed by atoms with van der Waals surface area (Å²) in [7, 11) is 1.86. The van der Waals surface area contributed by atoms with Crippen molar-refractivity contribution in [3.8, 4) is 11.3 Å². The first-order valence-electron chi connectivity index (χ1n) is 8.06. The van der Waals surface area contributed by atoms with Gasteiger partial charge < -0.3 is 20.3 Å². The summed E-state index contributed by atoms with van der Waals surface area (Å²) in [5.74, 6) is -0.878. The molecular formula is C17H19N5O4. The first kappa shape index (κ1) is 17.5. The molecule has 4 rings (SSSR count). The fraction of sp³-hybridized carbons (Fsp3) is 0.294. The van der Waals surface area contributed by atoms with Gasteiger partial charge in [-0.05, 0) is 31.7 Å². The van der Waals surface area contributed by atoms with Crippen LogP contribution >= 0.6 is 0 Å². The Morgan fingerprint density at radius 3 is 2.73 bits per heavy atom. The quantitative estimate of drug-likeness (QED) is 0.637. The van der Waals surface area contributed by atoms with Crippen LogP contribution in [0.2, 0.25) is 0 Å². The molecule has 0 aliphatic heterocycles. The van der Waals surface area contributed by atoms with Crippen LogP contribution in [0.4, 0.5) is 0 Å². The van der Waals surface area contributed by atoms with Crippen LogP contribution in [0.25, 0.3) is 11.3 Å². The minimum absolute atomic E-state index is 0.174. The van der Waals surface area contributed by atoms with Crippen molar-refractivity contribution in [2.24, 2.45) is 12.8 Å². The van der Waals surface area contributed by atoms with Gasteiger partial charge in [0.2, 0.25) is 0 Å². The van der Waals surface area contributed by atoms with Crippen molar-refractivity contribution in [1.82, 2.24) is 19.9 Å². The van der Waals surface area contributed by atoms with Crippen molar-refractivity contribution in [2.45, 2.75) is 26.2 Å². The Kier molecular flexibility index (Phi) is 4.61. The highest BCUT2D eigenvalue weighted by Gasteiger charge is 2.24. The number of rotatable bonds is 2. The molecule has 0 fully saturated rings. The second-order valence-corrected chi connectivity index (χ2v) is 6.08. The number of nitrogens with two attached hydrogens (primary N) is 1. The zero-order valence-electron chi connectivity index (χ0n) is 14.4. The van der Waals surface area contributed by atoms with E-state index in [0.717, 1.165) is 41.8 Å². The number of aryl methyl sites for hydroxylation is 4. The van der Waals surface area contributed by atoms with E-state index < -0.39 is 11.9 Å². The highest BCUT2D eigenvalue weighted by atomic mass is 16.5. The van der Waals surface area contributed by atoms with Crippen molar-refractivity contribution in [1.29, 1.82) is 0 Å². The van der Waals surface area contributed by atoms with E-state index in [2.05, 4.69) is 19.8 Å². The molecule has 0 saturated heterocycles. The number of fused-ring (bicyclic) bond motifs is 3.